The summed E-state index contributed by atoms with van der Waals surface area (Å²) in [7, 11) is 1.69. The van der Waals surface area contributed by atoms with Crippen molar-refractivity contribution >= 4 is 46.5 Å². The smallest absolute Gasteiger partial charge is 0.243 e. The first-order chi connectivity index (χ1) is 23.8. The van der Waals surface area contributed by atoms with Gasteiger partial charge < -0.3 is 27.0 Å². The largest absolute Gasteiger partial charge is 0.350 e. The Morgan fingerprint density at radius 2 is 1.69 bits per heavy atom. The average Bonchev–Trinajstić information content (AvgIpc) is 3.52. The van der Waals surface area contributed by atoms with Crippen LogP contribution in [0.2, 0.25) is 5.02 Å². The van der Waals surface area contributed by atoms with Crippen LogP contribution in [0.4, 0.5) is 0 Å². The van der Waals surface area contributed by atoms with Crippen LogP contribution < -0.4 is 22.1 Å². The van der Waals surface area contributed by atoms with E-state index >= 15 is 0 Å². The monoisotopic (exact) mass is 702 g/mol. The molecule has 49 heavy (non-hydrogen) atoms. The number of allylic oxidation sites excluding steroid dienone is 1. The second-order valence-electron chi connectivity index (χ2n) is 12.8. The Balaban J connectivity index is 1.54. The Labute approximate surface area is 298 Å². The quantitative estimate of drug-likeness (QED) is 0.221. The van der Waals surface area contributed by atoms with Gasteiger partial charge in [0.25, 0.3) is 0 Å². The highest BCUT2D eigenvalue weighted by Gasteiger charge is 2.35. The molecule has 2 heterocycles. The van der Waals surface area contributed by atoms with E-state index < -0.39 is 18.0 Å². The van der Waals surface area contributed by atoms with Crippen LogP contribution in [0.15, 0.2) is 76.8 Å². The molecule has 1 aliphatic carbocycles. The lowest BCUT2D eigenvalue weighted by atomic mass is 9.90. The van der Waals surface area contributed by atoms with Crippen LogP contribution in [-0.2, 0) is 33.9 Å². The zero-order valence-corrected chi connectivity index (χ0v) is 29.7. The molecule has 0 bridgehead atoms. The van der Waals surface area contributed by atoms with Crippen molar-refractivity contribution in [2.45, 2.75) is 86.5 Å². The number of hydrogen-bond acceptors (Lipinski definition) is 8. The van der Waals surface area contributed by atoms with Gasteiger partial charge in [0.1, 0.15) is 11.1 Å². The van der Waals surface area contributed by atoms with Crippen molar-refractivity contribution < 1.29 is 14.4 Å². The molecule has 1 aromatic heterocycles. The molecule has 2 amide bonds. The number of carbonyl (C=O) groups excluding carboxylic acids is 3. The molecule has 0 unspecified atom stereocenters. The molecule has 6 N–H and O–H groups in total. The van der Waals surface area contributed by atoms with E-state index in [1.807, 2.05) is 42.5 Å². The van der Waals surface area contributed by atoms with E-state index in [2.05, 4.69) is 33.8 Å². The van der Waals surface area contributed by atoms with Crippen molar-refractivity contribution in [3.05, 3.63) is 94.1 Å². The number of aromatic nitrogens is 1. The lowest BCUT2D eigenvalue weighted by Crippen LogP contribution is -2.50. The Hall–Kier alpha value is -3.54. The van der Waals surface area contributed by atoms with Crippen molar-refractivity contribution in [1.29, 1.82) is 0 Å². The van der Waals surface area contributed by atoms with Gasteiger partial charge in [-0.3, -0.25) is 14.4 Å². The maximum atomic E-state index is 14.4. The highest BCUT2D eigenvalue weighted by atomic mass is 35.5. The summed E-state index contributed by atoms with van der Waals surface area (Å²) >= 11 is 8.20. The Kier molecular flexibility index (Phi) is 13.4. The third-order valence-electron chi connectivity index (χ3n) is 9.44. The molecule has 0 spiro atoms. The number of ketones is 1. The van der Waals surface area contributed by atoms with Crippen LogP contribution in [0, 0.1) is 5.92 Å². The molecule has 3 aromatic rings. The molecule has 260 valence electrons. The summed E-state index contributed by atoms with van der Waals surface area (Å²) in [6.45, 7) is 1.57. The van der Waals surface area contributed by atoms with Crippen LogP contribution in [0.25, 0.3) is 5.57 Å². The molecule has 2 aromatic carbocycles. The second kappa shape index (κ2) is 17.9. The van der Waals surface area contributed by atoms with Crippen molar-refractivity contribution in [3.8, 4) is 0 Å². The first kappa shape index (κ1) is 36.7. The summed E-state index contributed by atoms with van der Waals surface area (Å²) in [5.74, 6) is -1.12. The molecular formula is C38H47ClN6O3S. The number of nitrogens with two attached hydrogens (primary N) is 2. The molecule has 3 atom stereocenters. The summed E-state index contributed by atoms with van der Waals surface area (Å²) in [6.07, 6.45) is 8.23. The summed E-state index contributed by atoms with van der Waals surface area (Å²) in [4.78, 5) is 49.7. The number of nitrogens with zero attached hydrogens (tertiary/aromatic N) is 2. The first-order valence-electron chi connectivity index (χ1n) is 17.2. The zero-order chi connectivity index (χ0) is 34.8. The topological polar surface area (TPSA) is 143 Å². The molecule has 11 heteroatoms. The minimum atomic E-state index is -0.795. The predicted molar refractivity (Wildman–Crippen MR) is 196 cm³/mol. The van der Waals surface area contributed by atoms with E-state index in [-0.39, 0.29) is 30.6 Å². The fraction of sp³-hybridized carbons (Fsp3) is 0.421. The van der Waals surface area contributed by atoms with Crippen LogP contribution in [0.1, 0.15) is 67.2 Å². The Morgan fingerprint density at radius 1 is 0.918 bits per heavy atom. The molecule has 0 fully saturated rings. The third kappa shape index (κ3) is 9.38. The van der Waals surface area contributed by atoms with E-state index in [1.54, 1.807) is 18.1 Å². The number of fused-ring (bicyclic) bond motifs is 3. The maximum absolute atomic E-state index is 14.4. The number of carbonyl (C=O) groups is 3. The Morgan fingerprint density at radius 3 is 2.51 bits per heavy atom. The number of hydrogen-bond donors (Lipinski definition) is 4. The number of Topliss-reactive ketones (excluding diaryl/α,β-unsaturated/α-hetero) is 1. The number of benzene rings is 2. The zero-order valence-electron chi connectivity index (χ0n) is 28.1. The van der Waals surface area contributed by atoms with Crippen LogP contribution in [0.3, 0.4) is 0 Å². The van der Waals surface area contributed by atoms with E-state index in [9.17, 15) is 14.4 Å². The molecule has 9 nitrogen and oxygen atoms in total. The SMILES string of the molecule is CN1C(=O)[C@H](CCCCN)CC(=O)[C@H](CCCN)NCc2cccnc2Sc2c(Cl)cccc2CNC(=O)[C@@H]1CC1=CCc2ccccc21. The predicted octanol–water partition coefficient (Wildman–Crippen LogP) is 5.27. The standard InChI is InChI=1S/C38H47ClN6O3S/c1-45-33(21-26-17-16-25-9-2-3-13-30(25)26)36(47)44-23-28-11-6-14-31(39)35(28)49-37-29(12-8-20-42-37)24-43-32(15-7-19-41)34(46)22-27(38(45)48)10-4-5-18-40/h2-3,6,8-9,11-14,17,20,27,32-33,43H,4-5,7,10,15-16,18-19,21-24,40-41H2,1H3,(H,44,47)/t27-,32+,33+/m1/s1. The lowest BCUT2D eigenvalue weighted by molar-refractivity contribution is -0.143. The lowest BCUT2D eigenvalue weighted by Gasteiger charge is -2.32. The van der Waals surface area contributed by atoms with E-state index in [4.69, 9.17) is 23.1 Å². The average molecular weight is 703 g/mol. The number of pyridine rings is 1. The fourth-order valence-electron chi connectivity index (χ4n) is 6.62. The highest BCUT2D eigenvalue weighted by molar-refractivity contribution is 7.99. The van der Waals surface area contributed by atoms with Crippen molar-refractivity contribution in [2.75, 3.05) is 20.1 Å². The summed E-state index contributed by atoms with van der Waals surface area (Å²) in [6, 6.07) is 16.4. The van der Waals surface area contributed by atoms with Gasteiger partial charge in [0, 0.05) is 50.0 Å². The minimum absolute atomic E-state index is 0.0443. The van der Waals surface area contributed by atoms with Gasteiger partial charge in [-0.1, -0.05) is 78.3 Å². The summed E-state index contributed by atoms with van der Waals surface area (Å²) < 4.78 is 0. The van der Waals surface area contributed by atoms with Crippen LogP contribution >= 0.6 is 23.4 Å². The van der Waals surface area contributed by atoms with Gasteiger partial charge in [-0.15, -0.1) is 0 Å². The van der Waals surface area contributed by atoms with Crippen molar-refractivity contribution in [2.24, 2.45) is 17.4 Å². The van der Waals surface area contributed by atoms with Gasteiger partial charge in [-0.25, -0.2) is 4.98 Å². The van der Waals surface area contributed by atoms with Gasteiger partial charge in [-0.05, 0) is 85.2 Å². The van der Waals surface area contributed by atoms with Gasteiger partial charge in [-0.2, -0.15) is 0 Å². The molecular weight excluding hydrogens is 656 g/mol. The molecule has 0 radical (unpaired) electrons. The first-order valence-corrected chi connectivity index (χ1v) is 18.4. The van der Waals surface area contributed by atoms with E-state index in [0.717, 1.165) is 45.0 Å². The maximum Gasteiger partial charge on any atom is 0.243 e. The van der Waals surface area contributed by atoms with Gasteiger partial charge in [0.15, 0.2) is 5.78 Å². The molecule has 1 aliphatic heterocycles. The second-order valence-corrected chi connectivity index (χ2v) is 14.2. The normalized spacial score (nSPS) is 20.6. The molecule has 0 saturated carbocycles. The van der Waals surface area contributed by atoms with Gasteiger partial charge >= 0.3 is 0 Å². The van der Waals surface area contributed by atoms with Gasteiger partial charge in [0.2, 0.25) is 11.8 Å². The molecule has 0 saturated heterocycles. The van der Waals surface area contributed by atoms with Crippen LogP contribution in [0.5, 0.6) is 0 Å². The van der Waals surface area contributed by atoms with Gasteiger partial charge in [0.05, 0.1) is 11.1 Å². The number of rotatable bonds is 9. The number of amides is 2. The fourth-order valence-corrected chi connectivity index (χ4v) is 7.95. The van der Waals surface area contributed by atoms with E-state index in [0.29, 0.717) is 56.8 Å². The number of unbranched alkanes of at least 4 members (excludes halogenated alkanes) is 1. The Bertz CT molecular complexity index is 1670. The number of nitrogens with one attached hydrogen (secondary N) is 2. The van der Waals surface area contributed by atoms with E-state index in [1.165, 1.54) is 17.3 Å². The minimum Gasteiger partial charge on any atom is -0.350 e. The van der Waals surface area contributed by atoms with Crippen molar-refractivity contribution in [3.63, 3.8) is 0 Å². The highest BCUT2D eigenvalue weighted by Crippen LogP contribution is 2.37. The summed E-state index contributed by atoms with van der Waals surface area (Å²) in [5.41, 5.74) is 16.8. The summed E-state index contributed by atoms with van der Waals surface area (Å²) in [5, 5.41) is 7.90. The third-order valence-corrected chi connectivity index (χ3v) is 11.1. The van der Waals surface area contributed by atoms with Crippen LogP contribution in [-0.4, -0.2) is 59.7 Å². The van der Waals surface area contributed by atoms with Crippen molar-refractivity contribution in [1.82, 2.24) is 20.5 Å². The number of halogens is 1. The molecule has 2 aliphatic rings. The number of likely N-dealkylation sites (N-methyl/N-ethyl adjacent to an activating group) is 1. The molecule has 5 rings (SSSR count).